The van der Waals surface area contributed by atoms with Gasteiger partial charge in [-0.05, 0) is 35.4 Å². The summed E-state index contributed by atoms with van der Waals surface area (Å²) in [6, 6.07) is 8.97. The summed E-state index contributed by atoms with van der Waals surface area (Å²) in [6.07, 6.45) is 3.20. The van der Waals surface area contributed by atoms with Crippen molar-refractivity contribution in [2.75, 3.05) is 27.4 Å². The second-order valence-electron chi connectivity index (χ2n) is 5.99. The second-order valence-corrected chi connectivity index (χ2v) is 6.77. The van der Waals surface area contributed by atoms with Gasteiger partial charge in [-0.15, -0.1) is 0 Å². The molecule has 27 heavy (non-hydrogen) atoms. The van der Waals surface area contributed by atoms with Crippen LogP contribution in [0.15, 0.2) is 36.4 Å². The largest absolute Gasteiger partial charge is 0.493 e. The summed E-state index contributed by atoms with van der Waals surface area (Å²) >= 11 is 12.2. The summed E-state index contributed by atoms with van der Waals surface area (Å²) < 4.78 is 16.5. The molecule has 142 valence electrons. The first kappa shape index (κ1) is 19.4. The van der Waals surface area contributed by atoms with Crippen LogP contribution in [0.2, 0.25) is 10.0 Å². The van der Waals surface area contributed by atoms with E-state index in [0.717, 1.165) is 11.1 Å². The summed E-state index contributed by atoms with van der Waals surface area (Å²) in [5, 5.41) is 0.924. The number of nitrogens with zero attached hydrogens (tertiary/aromatic N) is 1. The first-order valence-corrected chi connectivity index (χ1v) is 9.09. The number of hydrogen-bond donors (Lipinski definition) is 0. The fourth-order valence-electron chi connectivity index (χ4n) is 2.69. The molecule has 0 N–H and O–H groups in total. The third-order valence-corrected chi connectivity index (χ3v) is 4.94. The van der Waals surface area contributed by atoms with E-state index in [1.807, 2.05) is 12.1 Å². The normalized spacial score (nSPS) is 12.9. The number of hydrogen-bond acceptors (Lipinski definition) is 4. The molecule has 0 unspecified atom stereocenters. The highest BCUT2D eigenvalue weighted by atomic mass is 35.5. The Morgan fingerprint density at radius 2 is 2.04 bits per heavy atom. The summed E-state index contributed by atoms with van der Waals surface area (Å²) in [5.74, 6) is 1.59. The van der Waals surface area contributed by atoms with E-state index < -0.39 is 0 Å². The molecule has 2 aromatic carbocycles. The van der Waals surface area contributed by atoms with Gasteiger partial charge in [-0.3, -0.25) is 4.79 Å². The van der Waals surface area contributed by atoms with E-state index in [0.29, 0.717) is 47.1 Å². The van der Waals surface area contributed by atoms with Crippen molar-refractivity contribution in [3.8, 4) is 17.2 Å². The molecular formula is C20H19Cl2NO4. The number of carbonyl (C=O) groups excluding carboxylic acids is 1. The van der Waals surface area contributed by atoms with Crippen molar-refractivity contribution in [1.82, 2.24) is 4.90 Å². The molecule has 2 aromatic rings. The van der Waals surface area contributed by atoms with E-state index in [9.17, 15) is 4.79 Å². The molecule has 0 radical (unpaired) electrons. The van der Waals surface area contributed by atoms with Crippen LogP contribution >= 0.6 is 23.2 Å². The van der Waals surface area contributed by atoms with Crippen molar-refractivity contribution < 1.29 is 19.0 Å². The number of methoxy groups -OCH3 is 1. The van der Waals surface area contributed by atoms with Gasteiger partial charge in [-0.25, -0.2) is 0 Å². The Morgan fingerprint density at radius 3 is 2.81 bits per heavy atom. The van der Waals surface area contributed by atoms with Crippen LogP contribution in [0.5, 0.6) is 17.2 Å². The molecule has 7 heteroatoms. The Hall–Kier alpha value is -2.37. The maximum Gasteiger partial charge on any atom is 0.246 e. The van der Waals surface area contributed by atoms with Crippen molar-refractivity contribution in [2.45, 2.75) is 6.54 Å². The zero-order valence-electron chi connectivity index (χ0n) is 15.0. The first-order valence-electron chi connectivity index (χ1n) is 8.33. The molecule has 1 amide bonds. The van der Waals surface area contributed by atoms with Crippen molar-refractivity contribution in [3.63, 3.8) is 0 Å². The molecule has 0 saturated carbocycles. The number of ether oxygens (including phenoxy) is 3. The van der Waals surface area contributed by atoms with Crippen LogP contribution < -0.4 is 14.2 Å². The van der Waals surface area contributed by atoms with Gasteiger partial charge in [-0.1, -0.05) is 35.3 Å². The molecular weight excluding hydrogens is 389 g/mol. The third-order valence-electron chi connectivity index (χ3n) is 4.08. The zero-order chi connectivity index (χ0) is 19.4. The van der Waals surface area contributed by atoms with E-state index in [2.05, 4.69) is 0 Å². The molecule has 1 aliphatic heterocycles. The maximum absolute atomic E-state index is 12.4. The Labute approximate surface area is 168 Å². The lowest BCUT2D eigenvalue weighted by molar-refractivity contribution is -0.125. The highest BCUT2D eigenvalue weighted by Crippen LogP contribution is 2.40. The average molecular weight is 408 g/mol. The van der Waals surface area contributed by atoms with Gasteiger partial charge in [0.25, 0.3) is 0 Å². The number of likely N-dealkylation sites (N-methyl/N-ethyl adjacent to an activating group) is 1. The predicted molar refractivity (Wildman–Crippen MR) is 106 cm³/mol. The highest BCUT2D eigenvalue weighted by molar-refractivity contribution is 6.42. The highest BCUT2D eigenvalue weighted by Gasteiger charge is 2.18. The van der Waals surface area contributed by atoms with Crippen LogP contribution in [0, 0.1) is 0 Å². The van der Waals surface area contributed by atoms with Gasteiger partial charge in [0.05, 0.1) is 17.2 Å². The molecule has 0 spiro atoms. The van der Waals surface area contributed by atoms with E-state index in [4.69, 9.17) is 37.4 Å². The standard InChI is InChI=1S/C20H19Cl2NO4/c1-23(12-14-4-3-5-15(21)19(14)22)18(24)7-6-13-10-16(25-2)20-17(11-13)26-8-9-27-20/h3-7,10-11H,8-9,12H2,1-2H3/b7-6+. The van der Waals surface area contributed by atoms with E-state index in [1.165, 1.54) is 6.08 Å². The van der Waals surface area contributed by atoms with Gasteiger partial charge in [-0.2, -0.15) is 0 Å². The quantitative estimate of drug-likeness (QED) is 0.687. The van der Waals surface area contributed by atoms with Crippen molar-refractivity contribution in [3.05, 3.63) is 57.6 Å². The molecule has 0 aromatic heterocycles. The number of benzene rings is 2. The van der Waals surface area contributed by atoms with Gasteiger partial charge in [0.15, 0.2) is 11.5 Å². The smallest absolute Gasteiger partial charge is 0.246 e. The molecule has 0 fully saturated rings. The van der Waals surface area contributed by atoms with Crippen molar-refractivity contribution in [2.24, 2.45) is 0 Å². The third kappa shape index (κ3) is 4.49. The maximum atomic E-state index is 12.4. The van der Waals surface area contributed by atoms with Crippen LogP contribution in [-0.4, -0.2) is 38.2 Å². The SMILES string of the molecule is COc1cc(/C=C/C(=O)N(C)Cc2cccc(Cl)c2Cl)cc2c1OCCO2. The van der Waals surface area contributed by atoms with Gasteiger partial charge >= 0.3 is 0 Å². The number of halogens is 2. The lowest BCUT2D eigenvalue weighted by Gasteiger charge is -2.21. The molecule has 0 aliphatic carbocycles. The van der Waals surface area contributed by atoms with Crippen LogP contribution in [0.4, 0.5) is 0 Å². The molecule has 5 nitrogen and oxygen atoms in total. The monoisotopic (exact) mass is 407 g/mol. The summed E-state index contributed by atoms with van der Waals surface area (Å²) in [4.78, 5) is 14.0. The molecule has 0 bridgehead atoms. The van der Waals surface area contributed by atoms with Gasteiger partial charge < -0.3 is 19.1 Å². The van der Waals surface area contributed by atoms with Crippen LogP contribution in [0.3, 0.4) is 0 Å². The zero-order valence-corrected chi connectivity index (χ0v) is 16.5. The number of amides is 1. The van der Waals surface area contributed by atoms with Crippen LogP contribution in [0.25, 0.3) is 6.08 Å². The Bertz CT molecular complexity index is 865. The fraction of sp³-hybridized carbons (Fsp3) is 0.250. The van der Waals surface area contributed by atoms with Crippen LogP contribution in [-0.2, 0) is 11.3 Å². The molecule has 1 aliphatic rings. The number of rotatable bonds is 5. The van der Waals surface area contributed by atoms with Gasteiger partial charge in [0.2, 0.25) is 11.7 Å². The topological polar surface area (TPSA) is 48.0 Å². The van der Waals surface area contributed by atoms with Gasteiger partial charge in [0, 0.05) is 19.7 Å². The molecule has 0 atom stereocenters. The fourth-order valence-corrected chi connectivity index (χ4v) is 3.07. The number of fused-ring (bicyclic) bond motifs is 1. The van der Waals surface area contributed by atoms with Crippen molar-refractivity contribution >= 4 is 35.2 Å². The van der Waals surface area contributed by atoms with Crippen LogP contribution in [0.1, 0.15) is 11.1 Å². The van der Waals surface area contributed by atoms with Gasteiger partial charge in [0.1, 0.15) is 13.2 Å². The Morgan fingerprint density at radius 1 is 1.26 bits per heavy atom. The Balaban J connectivity index is 1.73. The van der Waals surface area contributed by atoms with E-state index in [1.54, 1.807) is 43.3 Å². The Kier molecular flexibility index (Phi) is 6.14. The minimum Gasteiger partial charge on any atom is -0.493 e. The van der Waals surface area contributed by atoms with Crippen molar-refractivity contribution in [1.29, 1.82) is 0 Å². The molecule has 1 heterocycles. The lowest BCUT2D eigenvalue weighted by atomic mass is 10.1. The van der Waals surface area contributed by atoms with E-state index >= 15 is 0 Å². The minimum atomic E-state index is -0.167. The second kappa shape index (κ2) is 8.55. The summed E-state index contributed by atoms with van der Waals surface area (Å²) in [5.41, 5.74) is 1.56. The number of carbonyl (C=O) groups is 1. The average Bonchev–Trinajstić information content (AvgIpc) is 2.68. The first-order chi connectivity index (χ1) is 13.0. The summed E-state index contributed by atoms with van der Waals surface area (Å²) in [7, 11) is 3.27. The predicted octanol–water partition coefficient (Wildman–Crippen LogP) is 4.45. The lowest BCUT2D eigenvalue weighted by Crippen LogP contribution is -2.24. The minimum absolute atomic E-state index is 0.167. The van der Waals surface area contributed by atoms with E-state index in [-0.39, 0.29) is 5.91 Å². The summed E-state index contributed by atoms with van der Waals surface area (Å²) in [6.45, 7) is 1.31. The molecule has 3 rings (SSSR count). The molecule has 0 saturated heterocycles.